The quantitative estimate of drug-likeness (QED) is 0.861. The van der Waals surface area contributed by atoms with Crippen molar-refractivity contribution in [2.24, 2.45) is 0 Å². The number of hydrogen-bond acceptors (Lipinski definition) is 6. The minimum Gasteiger partial charge on any atom is -0.378 e. The van der Waals surface area contributed by atoms with Gasteiger partial charge in [-0.3, -0.25) is 4.84 Å². The van der Waals surface area contributed by atoms with Gasteiger partial charge in [0.25, 0.3) is 0 Å². The molecule has 0 amide bonds. The molecule has 0 spiro atoms. The standard InChI is InChI=1S/C12H15N3O2S/c1-16-14-12-13-9-3-2-4-10(11(9)18-12)15-5-7-17-8-6-15/h2-4H,5-8H2,1H3,(H,13,14). The van der Waals surface area contributed by atoms with Gasteiger partial charge in [-0.05, 0) is 12.1 Å². The summed E-state index contributed by atoms with van der Waals surface area (Å²) >= 11 is 1.61. The van der Waals surface area contributed by atoms with E-state index >= 15 is 0 Å². The van der Waals surface area contributed by atoms with Crippen LogP contribution in [0.15, 0.2) is 18.2 Å². The molecule has 2 heterocycles. The Morgan fingerprint density at radius 3 is 3.00 bits per heavy atom. The monoisotopic (exact) mass is 265 g/mol. The average molecular weight is 265 g/mol. The van der Waals surface area contributed by atoms with Crippen LogP contribution in [0.1, 0.15) is 0 Å². The molecule has 1 aromatic carbocycles. The van der Waals surface area contributed by atoms with E-state index in [9.17, 15) is 0 Å². The van der Waals surface area contributed by atoms with Gasteiger partial charge in [0.1, 0.15) is 0 Å². The molecule has 0 aliphatic carbocycles. The van der Waals surface area contributed by atoms with Crippen molar-refractivity contribution >= 4 is 32.4 Å². The van der Waals surface area contributed by atoms with E-state index in [1.165, 1.54) is 10.4 Å². The summed E-state index contributed by atoms with van der Waals surface area (Å²) < 4.78 is 6.58. The number of morpholine rings is 1. The van der Waals surface area contributed by atoms with Crippen molar-refractivity contribution < 1.29 is 9.57 Å². The maximum atomic E-state index is 5.39. The van der Waals surface area contributed by atoms with Gasteiger partial charge >= 0.3 is 0 Å². The smallest absolute Gasteiger partial charge is 0.208 e. The molecule has 1 aromatic heterocycles. The predicted molar refractivity (Wildman–Crippen MR) is 73.3 cm³/mol. The summed E-state index contributed by atoms with van der Waals surface area (Å²) in [5.41, 5.74) is 5.03. The second kappa shape index (κ2) is 5.09. The first-order chi connectivity index (χ1) is 8.88. The van der Waals surface area contributed by atoms with E-state index in [-0.39, 0.29) is 0 Å². The molecular weight excluding hydrogens is 250 g/mol. The molecule has 0 atom stereocenters. The van der Waals surface area contributed by atoms with Crippen molar-refractivity contribution in [3.05, 3.63) is 18.2 Å². The topological polar surface area (TPSA) is 46.6 Å². The Bertz CT molecular complexity index is 537. The van der Waals surface area contributed by atoms with Crippen LogP contribution in [0.2, 0.25) is 0 Å². The Morgan fingerprint density at radius 1 is 1.39 bits per heavy atom. The normalized spacial score (nSPS) is 16.2. The highest BCUT2D eigenvalue weighted by molar-refractivity contribution is 7.22. The van der Waals surface area contributed by atoms with Gasteiger partial charge in [-0.1, -0.05) is 17.4 Å². The molecule has 96 valence electrons. The van der Waals surface area contributed by atoms with E-state index < -0.39 is 0 Å². The summed E-state index contributed by atoms with van der Waals surface area (Å²) in [5, 5.41) is 0.785. The van der Waals surface area contributed by atoms with E-state index in [4.69, 9.17) is 9.57 Å². The fourth-order valence-electron chi connectivity index (χ4n) is 2.12. The molecule has 6 heteroatoms. The molecule has 5 nitrogen and oxygen atoms in total. The van der Waals surface area contributed by atoms with Gasteiger partial charge in [0.2, 0.25) is 5.13 Å². The fraction of sp³-hybridized carbons (Fsp3) is 0.417. The summed E-state index contributed by atoms with van der Waals surface area (Å²) in [5.74, 6) is 0. The van der Waals surface area contributed by atoms with Crippen LogP contribution in [0.25, 0.3) is 10.2 Å². The highest BCUT2D eigenvalue weighted by Crippen LogP contribution is 2.34. The number of nitrogens with zero attached hydrogens (tertiary/aromatic N) is 2. The zero-order valence-electron chi connectivity index (χ0n) is 10.2. The van der Waals surface area contributed by atoms with Crippen LogP contribution in [0, 0.1) is 0 Å². The van der Waals surface area contributed by atoms with Crippen LogP contribution in [-0.4, -0.2) is 38.4 Å². The lowest BCUT2D eigenvalue weighted by Gasteiger charge is -2.29. The number of hydrogen-bond donors (Lipinski definition) is 1. The van der Waals surface area contributed by atoms with Crippen molar-refractivity contribution in [2.75, 3.05) is 43.8 Å². The largest absolute Gasteiger partial charge is 0.378 e. The van der Waals surface area contributed by atoms with Crippen molar-refractivity contribution in [3.8, 4) is 0 Å². The summed E-state index contributed by atoms with van der Waals surface area (Å²) in [6, 6.07) is 6.21. The molecule has 0 unspecified atom stereocenters. The molecule has 1 fully saturated rings. The molecule has 0 bridgehead atoms. The molecule has 3 rings (SSSR count). The lowest BCUT2D eigenvalue weighted by molar-refractivity contribution is 0.123. The molecule has 1 aliphatic rings. The Labute approximate surface area is 109 Å². The van der Waals surface area contributed by atoms with E-state index in [1.54, 1.807) is 18.4 Å². The maximum absolute atomic E-state index is 5.39. The predicted octanol–water partition coefficient (Wildman–Crippen LogP) is 2.11. The number of fused-ring (bicyclic) bond motifs is 1. The Hall–Kier alpha value is -1.37. The van der Waals surface area contributed by atoms with Crippen LogP contribution < -0.4 is 10.4 Å². The van der Waals surface area contributed by atoms with Crippen molar-refractivity contribution in [3.63, 3.8) is 0 Å². The average Bonchev–Trinajstić information content (AvgIpc) is 2.82. The number of anilines is 2. The first-order valence-electron chi connectivity index (χ1n) is 5.90. The Morgan fingerprint density at radius 2 is 2.22 bits per heavy atom. The lowest BCUT2D eigenvalue weighted by atomic mass is 10.2. The first-order valence-corrected chi connectivity index (χ1v) is 6.71. The summed E-state index contributed by atoms with van der Waals surface area (Å²) in [6.07, 6.45) is 0. The van der Waals surface area contributed by atoms with E-state index in [2.05, 4.69) is 21.4 Å². The summed E-state index contributed by atoms with van der Waals surface area (Å²) in [4.78, 5) is 11.7. The number of nitrogens with one attached hydrogen (secondary N) is 1. The first kappa shape index (κ1) is 11.7. The third-order valence-electron chi connectivity index (χ3n) is 2.94. The number of aromatic nitrogens is 1. The second-order valence-corrected chi connectivity index (χ2v) is 5.05. The molecule has 1 saturated heterocycles. The molecule has 1 N–H and O–H groups in total. The zero-order chi connectivity index (χ0) is 12.4. The van der Waals surface area contributed by atoms with Crippen molar-refractivity contribution in [2.45, 2.75) is 0 Å². The number of benzene rings is 1. The van der Waals surface area contributed by atoms with Gasteiger partial charge in [-0.15, -0.1) is 0 Å². The van der Waals surface area contributed by atoms with Crippen LogP contribution >= 0.6 is 11.3 Å². The highest BCUT2D eigenvalue weighted by atomic mass is 32.1. The third-order valence-corrected chi connectivity index (χ3v) is 3.93. The zero-order valence-corrected chi connectivity index (χ0v) is 11.0. The number of thiazole rings is 1. The van der Waals surface area contributed by atoms with Gasteiger partial charge < -0.3 is 9.64 Å². The van der Waals surface area contributed by atoms with E-state index in [0.717, 1.165) is 37.0 Å². The number of rotatable bonds is 3. The van der Waals surface area contributed by atoms with Crippen LogP contribution in [0.5, 0.6) is 0 Å². The van der Waals surface area contributed by atoms with Gasteiger partial charge in [0, 0.05) is 13.1 Å². The Kier molecular flexibility index (Phi) is 3.31. The highest BCUT2D eigenvalue weighted by Gasteiger charge is 2.16. The minimum atomic E-state index is 0.785. The molecule has 0 saturated carbocycles. The third kappa shape index (κ3) is 2.14. The van der Waals surface area contributed by atoms with Gasteiger partial charge in [-0.2, -0.15) is 0 Å². The van der Waals surface area contributed by atoms with Gasteiger partial charge in [0.05, 0.1) is 36.2 Å². The van der Waals surface area contributed by atoms with Crippen LogP contribution in [0.4, 0.5) is 10.8 Å². The minimum absolute atomic E-state index is 0.785. The molecule has 1 aliphatic heterocycles. The molecular formula is C12H15N3O2S. The fourth-order valence-corrected chi connectivity index (χ4v) is 3.10. The SMILES string of the molecule is CONc1nc2cccc(N3CCOCC3)c2s1. The summed E-state index contributed by atoms with van der Waals surface area (Å²) in [7, 11) is 1.59. The van der Waals surface area contributed by atoms with E-state index in [1.807, 2.05) is 12.1 Å². The van der Waals surface area contributed by atoms with Crippen molar-refractivity contribution in [1.29, 1.82) is 0 Å². The van der Waals surface area contributed by atoms with Crippen LogP contribution in [0.3, 0.4) is 0 Å². The lowest BCUT2D eigenvalue weighted by Crippen LogP contribution is -2.36. The maximum Gasteiger partial charge on any atom is 0.208 e. The molecule has 0 radical (unpaired) electrons. The van der Waals surface area contributed by atoms with Crippen molar-refractivity contribution in [1.82, 2.24) is 4.98 Å². The van der Waals surface area contributed by atoms with Gasteiger partial charge in [0.15, 0.2) is 0 Å². The second-order valence-electron chi connectivity index (χ2n) is 4.05. The molecule has 18 heavy (non-hydrogen) atoms. The Balaban J connectivity index is 1.99. The van der Waals surface area contributed by atoms with Gasteiger partial charge in [-0.25, -0.2) is 10.5 Å². The van der Waals surface area contributed by atoms with E-state index in [0.29, 0.717) is 0 Å². The van der Waals surface area contributed by atoms with Crippen LogP contribution in [-0.2, 0) is 9.57 Å². The number of ether oxygens (including phenoxy) is 1. The molecule has 2 aromatic rings. The summed E-state index contributed by atoms with van der Waals surface area (Å²) in [6.45, 7) is 3.45.